The van der Waals surface area contributed by atoms with E-state index in [4.69, 9.17) is 20.8 Å². The van der Waals surface area contributed by atoms with Crippen molar-refractivity contribution in [2.45, 2.75) is 43.9 Å². The normalized spacial score (nSPS) is 21.3. The molecule has 1 saturated carbocycles. The van der Waals surface area contributed by atoms with Gasteiger partial charge in [-0.3, -0.25) is 9.17 Å². The van der Waals surface area contributed by atoms with Gasteiger partial charge in [-0.1, -0.05) is 18.0 Å². The van der Waals surface area contributed by atoms with Crippen molar-refractivity contribution >= 4 is 43.7 Å². The highest BCUT2D eigenvalue weighted by molar-refractivity contribution is 7.86. The van der Waals surface area contributed by atoms with E-state index in [9.17, 15) is 12.8 Å². The van der Waals surface area contributed by atoms with E-state index in [1.807, 2.05) is 12.1 Å². The fourth-order valence-electron chi connectivity index (χ4n) is 5.33. The number of pyridine rings is 1. The van der Waals surface area contributed by atoms with Crippen LogP contribution in [0.3, 0.4) is 0 Å². The lowest BCUT2D eigenvalue weighted by Crippen LogP contribution is -2.40. The Morgan fingerprint density at radius 1 is 1.21 bits per heavy atom. The van der Waals surface area contributed by atoms with Crippen LogP contribution in [-0.2, 0) is 19.7 Å². The first-order valence-corrected chi connectivity index (χ1v) is 13.3. The minimum atomic E-state index is -3.80. The Labute approximate surface area is 202 Å². The number of hydrogen-bond acceptors (Lipinski definition) is 5. The molecule has 2 aromatic carbocycles. The lowest BCUT2D eigenvalue weighted by atomic mass is 9.68. The summed E-state index contributed by atoms with van der Waals surface area (Å²) in [6.07, 6.45) is 4.55. The molecule has 0 bridgehead atoms. The van der Waals surface area contributed by atoms with Crippen LogP contribution in [0.4, 0.5) is 4.39 Å². The van der Waals surface area contributed by atoms with E-state index in [0.717, 1.165) is 40.3 Å². The molecule has 0 radical (unpaired) electrons. The Balaban J connectivity index is 1.62. The Kier molecular flexibility index (Phi) is 6.08. The number of nitrogens with zero attached hydrogens (tertiary/aromatic N) is 2. The zero-order valence-corrected chi connectivity index (χ0v) is 20.3. The molecular formula is C25H25ClFN3O3S. The summed E-state index contributed by atoms with van der Waals surface area (Å²) in [6, 6.07) is 11.9. The van der Waals surface area contributed by atoms with Crippen LogP contribution in [0.25, 0.3) is 21.9 Å². The van der Waals surface area contributed by atoms with Gasteiger partial charge in [-0.15, -0.1) is 0 Å². The first-order valence-electron chi connectivity index (χ1n) is 11.4. The monoisotopic (exact) mass is 501 g/mol. The molecule has 1 fully saturated rings. The number of nitrogens with one attached hydrogen (secondary N) is 1. The Hall–Kier alpha value is -2.55. The van der Waals surface area contributed by atoms with Crippen LogP contribution in [0.15, 0.2) is 48.7 Å². The number of fused-ring (bicyclic) bond motifs is 2. The summed E-state index contributed by atoms with van der Waals surface area (Å²) in [5.74, 6) is 0.115. The number of hydrogen-bond donors (Lipinski definition) is 1. The van der Waals surface area contributed by atoms with E-state index in [2.05, 4.69) is 9.97 Å². The van der Waals surface area contributed by atoms with Gasteiger partial charge >= 0.3 is 0 Å². The van der Waals surface area contributed by atoms with Gasteiger partial charge in [-0.2, -0.15) is 8.42 Å². The van der Waals surface area contributed by atoms with Crippen LogP contribution in [0.5, 0.6) is 0 Å². The first-order chi connectivity index (χ1) is 16.3. The molecule has 4 aromatic rings. The van der Waals surface area contributed by atoms with Gasteiger partial charge in [-0.25, -0.2) is 9.37 Å². The van der Waals surface area contributed by atoms with E-state index < -0.39 is 15.5 Å². The molecule has 0 aliphatic heterocycles. The van der Waals surface area contributed by atoms with Crippen molar-refractivity contribution < 1.29 is 17.0 Å². The van der Waals surface area contributed by atoms with E-state index in [1.165, 1.54) is 12.1 Å². The average Bonchev–Trinajstić information content (AvgIpc) is 3.22. The van der Waals surface area contributed by atoms with E-state index in [1.54, 1.807) is 31.3 Å². The highest BCUT2D eigenvalue weighted by Crippen LogP contribution is 2.47. The molecule has 0 amide bonds. The zero-order chi connectivity index (χ0) is 23.9. The van der Waals surface area contributed by atoms with Gasteiger partial charge in [0.15, 0.2) is 0 Å². The molecular weight excluding hydrogens is 477 g/mol. The lowest BCUT2D eigenvalue weighted by Gasteiger charge is -2.39. The van der Waals surface area contributed by atoms with Gasteiger partial charge in [-0.05, 0) is 80.1 Å². The molecule has 2 heterocycles. The third kappa shape index (κ3) is 4.42. The van der Waals surface area contributed by atoms with Crippen LogP contribution in [0.2, 0.25) is 5.02 Å². The number of halogens is 2. The second-order valence-electron chi connectivity index (χ2n) is 8.99. The number of rotatable bonds is 6. The summed E-state index contributed by atoms with van der Waals surface area (Å²) in [7, 11) is -3.80. The zero-order valence-electron chi connectivity index (χ0n) is 18.7. The lowest BCUT2D eigenvalue weighted by molar-refractivity contribution is 0.264. The van der Waals surface area contributed by atoms with E-state index in [0.29, 0.717) is 23.7 Å². The first kappa shape index (κ1) is 23.2. The summed E-state index contributed by atoms with van der Waals surface area (Å²) in [5.41, 5.74) is 2.39. The molecule has 1 aliphatic rings. The van der Waals surface area contributed by atoms with Gasteiger partial charge in [0.05, 0.1) is 28.9 Å². The van der Waals surface area contributed by atoms with Gasteiger partial charge in [0.2, 0.25) is 0 Å². The highest BCUT2D eigenvalue weighted by atomic mass is 35.5. The molecule has 0 saturated heterocycles. The quantitative estimate of drug-likeness (QED) is 0.334. The van der Waals surface area contributed by atoms with Crippen molar-refractivity contribution in [3.8, 4) is 0 Å². The number of aromatic amines is 1. The molecule has 9 heteroatoms. The van der Waals surface area contributed by atoms with Gasteiger partial charge < -0.3 is 4.98 Å². The third-order valence-corrected chi connectivity index (χ3v) is 8.45. The minimum absolute atomic E-state index is 0.00896. The van der Waals surface area contributed by atoms with Crippen molar-refractivity contribution in [3.63, 3.8) is 0 Å². The van der Waals surface area contributed by atoms with Crippen LogP contribution in [0, 0.1) is 5.82 Å². The summed E-state index contributed by atoms with van der Waals surface area (Å²) in [4.78, 5) is 12.5. The molecule has 1 unspecified atom stereocenters. The molecule has 2 aromatic heterocycles. The highest BCUT2D eigenvalue weighted by Gasteiger charge is 2.44. The second kappa shape index (κ2) is 8.91. The van der Waals surface area contributed by atoms with Gasteiger partial charge in [0.25, 0.3) is 10.1 Å². The SMILES string of the molecule is CCOS(=O)(=O)CC1(c2nc3ccc(Cl)cc3[nH]2)CCC[C@H](c2ccnc3ccc(F)cc23)C1. The smallest absolute Gasteiger partial charge is 0.268 e. The topological polar surface area (TPSA) is 84.9 Å². The third-order valence-electron chi connectivity index (χ3n) is 6.72. The molecule has 178 valence electrons. The predicted molar refractivity (Wildman–Crippen MR) is 131 cm³/mol. The maximum absolute atomic E-state index is 14.1. The molecule has 34 heavy (non-hydrogen) atoms. The second-order valence-corrected chi connectivity index (χ2v) is 11.1. The maximum Gasteiger partial charge on any atom is 0.268 e. The van der Waals surface area contributed by atoms with Crippen molar-refractivity contribution in [2.75, 3.05) is 12.4 Å². The molecule has 0 spiro atoms. The summed E-state index contributed by atoms with van der Waals surface area (Å²) < 4.78 is 45.1. The Morgan fingerprint density at radius 2 is 2.03 bits per heavy atom. The fraction of sp³-hybridized carbons (Fsp3) is 0.360. The predicted octanol–water partition coefficient (Wildman–Crippen LogP) is 5.87. The molecule has 1 N–H and O–H groups in total. The van der Waals surface area contributed by atoms with Crippen molar-refractivity contribution in [1.29, 1.82) is 0 Å². The standard InChI is InChI=1S/C25H25ClFN3O3S/c1-2-33-34(31,32)15-25(24-29-22-7-5-17(26)12-23(22)30-24)10-3-4-16(14-25)19-9-11-28-21-8-6-18(27)13-20(19)21/h5-9,11-13,16H,2-4,10,14-15H2,1H3,(H,29,30)/t16-,25?/m0/s1. The molecule has 5 rings (SSSR count). The maximum atomic E-state index is 14.1. The molecule has 6 nitrogen and oxygen atoms in total. The van der Waals surface area contributed by atoms with Crippen LogP contribution in [0.1, 0.15) is 49.9 Å². The van der Waals surface area contributed by atoms with Crippen molar-refractivity contribution in [1.82, 2.24) is 15.0 Å². The molecule has 1 aliphatic carbocycles. The number of benzene rings is 2. The van der Waals surface area contributed by atoms with E-state index >= 15 is 0 Å². The van der Waals surface area contributed by atoms with Crippen LogP contribution >= 0.6 is 11.6 Å². The van der Waals surface area contributed by atoms with Gasteiger partial charge in [0.1, 0.15) is 11.6 Å². The average molecular weight is 502 g/mol. The minimum Gasteiger partial charge on any atom is -0.341 e. The Bertz CT molecular complexity index is 1470. The summed E-state index contributed by atoms with van der Waals surface area (Å²) >= 11 is 6.17. The number of imidazole rings is 1. The summed E-state index contributed by atoms with van der Waals surface area (Å²) in [6.45, 7) is 1.74. The fourth-order valence-corrected chi connectivity index (χ4v) is 7.02. The van der Waals surface area contributed by atoms with E-state index in [-0.39, 0.29) is 24.1 Å². The summed E-state index contributed by atoms with van der Waals surface area (Å²) in [5, 5.41) is 1.33. The van der Waals surface area contributed by atoms with Crippen molar-refractivity contribution in [3.05, 3.63) is 70.9 Å². The van der Waals surface area contributed by atoms with Crippen molar-refractivity contribution in [2.24, 2.45) is 0 Å². The number of aromatic nitrogens is 3. The molecule has 2 atom stereocenters. The van der Waals surface area contributed by atoms with Crippen LogP contribution < -0.4 is 0 Å². The van der Waals surface area contributed by atoms with Crippen LogP contribution in [-0.4, -0.2) is 35.7 Å². The number of H-pyrrole nitrogens is 1. The van der Waals surface area contributed by atoms with Gasteiger partial charge in [0, 0.05) is 22.0 Å². The largest absolute Gasteiger partial charge is 0.341 e. The Morgan fingerprint density at radius 3 is 2.85 bits per heavy atom.